The molecule has 0 bridgehead atoms. The van der Waals surface area contributed by atoms with Crippen LogP contribution in [0.2, 0.25) is 0 Å². The second kappa shape index (κ2) is 10.3. The van der Waals surface area contributed by atoms with Crippen LogP contribution in [0.15, 0.2) is 61.1 Å². The van der Waals surface area contributed by atoms with Gasteiger partial charge in [0, 0.05) is 41.3 Å². The molecule has 4 rings (SSSR count). The van der Waals surface area contributed by atoms with Gasteiger partial charge in [-0.1, -0.05) is 0 Å². The van der Waals surface area contributed by atoms with Crippen molar-refractivity contribution in [2.75, 3.05) is 14.2 Å². The number of nitrogens with one attached hydrogen (secondary N) is 1. The van der Waals surface area contributed by atoms with Gasteiger partial charge in [-0.15, -0.1) is 0 Å². The van der Waals surface area contributed by atoms with Gasteiger partial charge in [-0.3, -0.25) is 14.8 Å². The maximum absolute atomic E-state index is 13.9. The van der Waals surface area contributed by atoms with Crippen molar-refractivity contribution < 1.29 is 23.0 Å². The first kappa shape index (κ1) is 23.7. The maximum Gasteiger partial charge on any atom is 0.257 e. The maximum atomic E-state index is 13.9. The fourth-order valence-corrected chi connectivity index (χ4v) is 3.56. The zero-order valence-electron chi connectivity index (χ0n) is 19.3. The molecule has 0 saturated heterocycles. The zero-order chi connectivity index (χ0) is 24.9. The van der Waals surface area contributed by atoms with E-state index in [-0.39, 0.29) is 29.2 Å². The van der Waals surface area contributed by atoms with Crippen molar-refractivity contribution in [3.63, 3.8) is 0 Å². The summed E-state index contributed by atoms with van der Waals surface area (Å²) in [5, 5.41) is 2.79. The Balaban J connectivity index is 1.71. The number of aryl methyl sites for hydroxylation is 1. The third kappa shape index (κ3) is 5.40. The Hall–Kier alpha value is -4.40. The fourth-order valence-electron chi connectivity index (χ4n) is 3.56. The van der Waals surface area contributed by atoms with Gasteiger partial charge in [0.1, 0.15) is 11.6 Å². The minimum atomic E-state index is -0.769. The highest BCUT2D eigenvalue weighted by molar-refractivity contribution is 6.01. The van der Waals surface area contributed by atoms with Gasteiger partial charge in [0.05, 0.1) is 37.7 Å². The molecule has 0 atom stereocenters. The van der Waals surface area contributed by atoms with Gasteiger partial charge in [-0.2, -0.15) is 0 Å². The molecule has 3 heterocycles. The molecule has 178 valence electrons. The minimum absolute atomic E-state index is 0.0758. The Morgan fingerprint density at radius 1 is 0.914 bits per heavy atom. The predicted molar refractivity (Wildman–Crippen MR) is 126 cm³/mol. The van der Waals surface area contributed by atoms with Crippen molar-refractivity contribution in [3.05, 3.63) is 89.5 Å². The normalized spacial score (nSPS) is 10.7. The van der Waals surface area contributed by atoms with E-state index in [1.807, 2.05) is 13.0 Å². The Morgan fingerprint density at radius 3 is 2.34 bits per heavy atom. The van der Waals surface area contributed by atoms with Gasteiger partial charge in [0.2, 0.25) is 0 Å². The first-order valence-electron chi connectivity index (χ1n) is 10.6. The summed E-state index contributed by atoms with van der Waals surface area (Å²) in [5.74, 6) is -1.28. The molecule has 35 heavy (non-hydrogen) atoms. The van der Waals surface area contributed by atoms with Gasteiger partial charge in [0.15, 0.2) is 5.75 Å². The second-order valence-corrected chi connectivity index (χ2v) is 7.73. The van der Waals surface area contributed by atoms with E-state index in [1.54, 1.807) is 36.8 Å². The number of amides is 1. The van der Waals surface area contributed by atoms with Crippen LogP contribution in [0.3, 0.4) is 0 Å². The van der Waals surface area contributed by atoms with Crippen molar-refractivity contribution in [1.29, 1.82) is 0 Å². The molecule has 0 spiro atoms. The molecule has 1 amide bonds. The molecule has 1 aromatic carbocycles. The number of benzene rings is 1. The van der Waals surface area contributed by atoms with E-state index >= 15 is 0 Å². The third-order valence-electron chi connectivity index (χ3n) is 5.20. The predicted octanol–water partition coefficient (Wildman–Crippen LogP) is 4.74. The lowest BCUT2D eigenvalue weighted by molar-refractivity contribution is 0.0950. The van der Waals surface area contributed by atoms with Crippen LogP contribution in [0.1, 0.15) is 21.6 Å². The first-order valence-corrected chi connectivity index (χ1v) is 10.6. The van der Waals surface area contributed by atoms with Crippen LogP contribution in [0.25, 0.3) is 22.4 Å². The summed E-state index contributed by atoms with van der Waals surface area (Å²) >= 11 is 0. The standard InChI is InChI=1S/C26H22F2N4O3/c1-15-6-17(12-29-11-15)18-9-22(24(30-13-18)16-7-19(27)10-20(28)8-16)25(33)31-14-21-4-5-23(34-2)26(32-21)35-3/h4-13H,14H2,1-3H3,(H,31,33). The van der Waals surface area contributed by atoms with Crippen molar-refractivity contribution in [2.45, 2.75) is 13.5 Å². The van der Waals surface area contributed by atoms with Gasteiger partial charge in [-0.25, -0.2) is 13.8 Å². The van der Waals surface area contributed by atoms with Crippen molar-refractivity contribution in [1.82, 2.24) is 20.3 Å². The SMILES string of the molecule is COc1ccc(CNC(=O)c2cc(-c3cncc(C)c3)cnc2-c2cc(F)cc(F)c2)nc1OC. The number of carbonyl (C=O) groups excluding carboxylic acids is 1. The van der Waals surface area contributed by atoms with Crippen LogP contribution >= 0.6 is 0 Å². The quantitative estimate of drug-likeness (QED) is 0.415. The smallest absolute Gasteiger partial charge is 0.257 e. The monoisotopic (exact) mass is 476 g/mol. The van der Waals surface area contributed by atoms with Crippen molar-refractivity contribution in [3.8, 4) is 34.0 Å². The molecule has 4 aromatic rings. The molecule has 7 nitrogen and oxygen atoms in total. The molecule has 3 aromatic heterocycles. The fraction of sp³-hybridized carbons (Fsp3) is 0.154. The minimum Gasteiger partial charge on any atom is -0.491 e. The van der Waals surface area contributed by atoms with E-state index in [4.69, 9.17) is 9.47 Å². The molecule has 1 N–H and O–H groups in total. The molecular formula is C26H22F2N4O3. The summed E-state index contributed by atoms with van der Waals surface area (Å²) in [5.41, 5.74) is 3.29. The van der Waals surface area contributed by atoms with Crippen LogP contribution in [-0.4, -0.2) is 35.1 Å². The lowest BCUT2D eigenvalue weighted by atomic mass is 10.00. The number of rotatable bonds is 7. The summed E-state index contributed by atoms with van der Waals surface area (Å²) in [6, 6.07) is 9.93. The van der Waals surface area contributed by atoms with Gasteiger partial charge < -0.3 is 14.8 Å². The highest BCUT2D eigenvalue weighted by Gasteiger charge is 2.18. The third-order valence-corrected chi connectivity index (χ3v) is 5.20. The van der Waals surface area contributed by atoms with Gasteiger partial charge in [0.25, 0.3) is 11.8 Å². The van der Waals surface area contributed by atoms with Crippen LogP contribution in [0, 0.1) is 18.6 Å². The average Bonchev–Trinajstić information content (AvgIpc) is 2.86. The number of pyridine rings is 3. The lowest BCUT2D eigenvalue weighted by Crippen LogP contribution is -2.24. The summed E-state index contributed by atoms with van der Waals surface area (Å²) in [6.07, 6.45) is 4.91. The number of aromatic nitrogens is 3. The molecule has 0 unspecified atom stereocenters. The van der Waals surface area contributed by atoms with Crippen LogP contribution in [0.5, 0.6) is 11.6 Å². The second-order valence-electron chi connectivity index (χ2n) is 7.73. The molecule has 9 heteroatoms. The molecule has 0 fully saturated rings. The highest BCUT2D eigenvalue weighted by atomic mass is 19.1. The molecule has 0 saturated carbocycles. The Kier molecular flexibility index (Phi) is 6.96. The summed E-state index contributed by atoms with van der Waals surface area (Å²) in [7, 11) is 2.97. The van der Waals surface area contributed by atoms with Gasteiger partial charge in [-0.05, 0) is 48.9 Å². The number of methoxy groups -OCH3 is 2. The van der Waals surface area contributed by atoms with E-state index in [0.29, 0.717) is 17.0 Å². The molecular weight excluding hydrogens is 454 g/mol. The summed E-state index contributed by atoms with van der Waals surface area (Å²) < 4.78 is 38.3. The van der Waals surface area contributed by atoms with Crippen LogP contribution < -0.4 is 14.8 Å². The highest BCUT2D eigenvalue weighted by Crippen LogP contribution is 2.28. The van der Waals surface area contributed by atoms with E-state index in [1.165, 1.54) is 14.2 Å². The number of nitrogens with zero attached hydrogens (tertiary/aromatic N) is 3. The van der Waals surface area contributed by atoms with E-state index in [0.717, 1.165) is 29.3 Å². The average molecular weight is 476 g/mol. The Labute approximate surface area is 200 Å². The lowest BCUT2D eigenvalue weighted by Gasteiger charge is -2.13. The van der Waals surface area contributed by atoms with E-state index in [9.17, 15) is 13.6 Å². The largest absolute Gasteiger partial charge is 0.491 e. The molecule has 0 aliphatic heterocycles. The summed E-state index contributed by atoms with van der Waals surface area (Å²) in [4.78, 5) is 26.2. The number of ether oxygens (including phenoxy) is 2. The van der Waals surface area contributed by atoms with Crippen LogP contribution in [-0.2, 0) is 6.54 Å². The number of hydrogen-bond donors (Lipinski definition) is 1. The van der Waals surface area contributed by atoms with Crippen molar-refractivity contribution >= 4 is 5.91 Å². The first-order chi connectivity index (χ1) is 16.9. The Bertz CT molecular complexity index is 1370. The number of carbonyl (C=O) groups is 1. The topological polar surface area (TPSA) is 86.2 Å². The van der Waals surface area contributed by atoms with Crippen molar-refractivity contribution in [2.24, 2.45) is 0 Å². The summed E-state index contributed by atoms with van der Waals surface area (Å²) in [6.45, 7) is 1.98. The van der Waals surface area contributed by atoms with E-state index in [2.05, 4.69) is 20.3 Å². The number of hydrogen-bond acceptors (Lipinski definition) is 6. The van der Waals surface area contributed by atoms with E-state index < -0.39 is 17.5 Å². The van der Waals surface area contributed by atoms with Gasteiger partial charge >= 0.3 is 0 Å². The molecule has 0 aliphatic rings. The van der Waals surface area contributed by atoms with Crippen LogP contribution in [0.4, 0.5) is 8.78 Å². The Morgan fingerprint density at radius 2 is 1.66 bits per heavy atom. The molecule has 0 radical (unpaired) electrons. The number of halogens is 2. The zero-order valence-corrected chi connectivity index (χ0v) is 19.3. The molecule has 0 aliphatic carbocycles.